The van der Waals surface area contributed by atoms with Gasteiger partial charge in [-0.1, -0.05) is 25.4 Å². The van der Waals surface area contributed by atoms with E-state index in [9.17, 15) is 4.79 Å². The Bertz CT molecular complexity index is 388. The zero-order valence-corrected chi connectivity index (χ0v) is 12.2. The number of rotatable bonds is 9. The van der Waals surface area contributed by atoms with Crippen molar-refractivity contribution in [2.75, 3.05) is 19.6 Å². The van der Waals surface area contributed by atoms with Gasteiger partial charge in [-0.3, -0.25) is 4.79 Å². The zero-order valence-electron chi connectivity index (χ0n) is 12.2. The molecular formula is C14H25N3O2. The van der Waals surface area contributed by atoms with E-state index in [1.54, 1.807) is 0 Å². The van der Waals surface area contributed by atoms with Crippen molar-refractivity contribution in [3.8, 4) is 0 Å². The van der Waals surface area contributed by atoms with Crippen molar-refractivity contribution >= 4 is 5.91 Å². The normalized spacial score (nSPS) is 10.7. The summed E-state index contributed by atoms with van der Waals surface area (Å²) in [5.74, 6) is 0.640. The maximum atomic E-state index is 11.9. The number of nitrogens with one attached hydrogen (secondary N) is 2. The fourth-order valence-electron chi connectivity index (χ4n) is 1.84. The first-order valence-corrected chi connectivity index (χ1v) is 7.14. The Morgan fingerprint density at radius 2 is 1.95 bits per heavy atom. The van der Waals surface area contributed by atoms with Gasteiger partial charge < -0.3 is 15.2 Å². The molecule has 0 bridgehead atoms. The Balaban J connectivity index is 2.22. The lowest BCUT2D eigenvalue weighted by Gasteiger charge is -2.05. The van der Waals surface area contributed by atoms with Gasteiger partial charge in [-0.25, -0.2) is 0 Å². The Labute approximate surface area is 115 Å². The summed E-state index contributed by atoms with van der Waals surface area (Å²) < 4.78 is 5.11. The fourth-order valence-corrected chi connectivity index (χ4v) is 1.84. The van der Waals surface area contributed by atoms with Gasteiger partial charge in [-0.05, 0) is 32.9 Å². The van der Waals surface area contributed by atoms with Crippen molar-refractivity contribution in [1.29, 1.82) is 0 Å². The number of hydrogen-bond acceptors (Lipinski definition) is 4. The second kappa shape index (κ2) is 8.69. The molecule has 1 heterocycles. The van der Waals surface area contributed by atoms with Gasteiger partial charge in [-0.2, -0.15) is 0 Å². The van der Waals surface area contributed by atoms with Crippen LogP contribution in [0.3, 0.4) is 0 Å². The molecule has 0 radical (unpaired) electrons. The van der Waals surface area contributed by atoms with E-state index in [1.165, 1.54) is 12.8 Å². The second-order valence-electron chi connectivity index (χ2n) is 4.65. The SMILES string of the molecule is CCCCNCCCNC(=O)c1noc(CC)c1C. The van der Waals surface area contributed by atoms with Crippen LogP contribution < -0.4 is 10.6 Å². The molecule has 1 aromatic heterocycles. The van der Waals surface area contributed by atoms with Gasteiger partial charge in [0.25, 0.3) is 5.91 Å². The molecule has 0 saturated heterocycles. The summed E-state index contributed by atoms with van der Waals surface area (Å²) in [7, 11) is 0. The number of aromatic nitrogens is 1. The molecule has 1 rings (SSSR count). The number of carbonyl (C=O) groups excluding carboxylic acids is 1. The predicted octanol–water partition coefficient (Wildman–Crippen LogP) is 2.06. The summed E-state index contributed by atoms with van der Waals surface area (Å²) in [4.78, 5) is 11.9. The molecule has 0 aliphatic rings. The Morgan fingerprint density at radius 3 is 2.58 bits per heavy atom. The van der Waals surface area contributed by atoms with Crippen LogP contribution in [-0.2, 0) is 6.42 Å². The lowest BCUT2D eigenvalue weighted by molar-refractivity contribution is 0.0943. The lowest BCUT2D eigenvalue weighted by atomic mass is 10.2. The van der Waals surface area contributed by atoms with Crippen molar-refractivity contribution in [3.63, 3.8) is 0 Å². The van der Waals surface area contributed by atoms with E-state index >= 15 is 0 Å². The highest BCUT2D eigenvalue weighted by atomic mass is 16.5. The van der Waals surface area contributed by atoms with Crippen LogP contribution >= 0.6 is 0 Å². The first-order valence-electron chi connectivity index (χ1n) is 7.14. The van der Waals surface area contributed by atoms with Gasteiger partial charge in [0.05, 0.1) is 0 Å². The minimum Gasteiger partial charge on any atom is -0.360 e. The summed E-state index contributed by atoms with van der Waals surface area (Å²) in [5, 5.41) is 10.0. The molecule has 0 aromatic carbocycles. The zero-order chi connectivity index (χ0) is 14.1. The van der Waals surface area contributed by atoms with Crippen LogP contribution in [0.5, 0.6) is 0 Å². The predicted molar refractivity (Wildman–Crippen MR) is 75.3 cm³/mol. The second-order valence-corrected chi connectivity index (χ2v) is 4.65. The van der Waals surface area contributed by atoms with E-state index in [1.807, 2.05) is 13.8 Å². The maximum absolute atomic E-state index is 11.9. The molecule has 5 nitrogen and oxygen atoms in total. The van der Waals surface area contributed by atoms with Crippen LogP contribution in [0.2, 0.25) is 0 Å². The van der Waals surface area contributed by atoms with Crippen molar-refractivity contribution in [2.45, 2.75) is 46.5 Å². The minimum absolute atomic E-state index is 0.144. The number of aryl methyl sites for hydroxylation is 1. The van der Waals surface area contributed by atoms with Crippen LogP contribution in [-0.4, -0.2) is 30.7 Å². The van der Waals surface area contributed by atoms with Gasteiger partial charge in [0.15, 0.2) is 5.69 Å². The minimum atomic E-state index is -0.144. The maximum Gasteiger partial charge on any atom is 0.273 e. The Hall–Kier alpha value is -1.36. The number of hydrogen-bond donors (Lipinski definition) is 2. The third kappa shape index (κ3) is 5.03. The van der Waals surface area contributed by atoms with Gasteiger partial charge in [-0.15, -0.1) is 0 Å². The van der Waals surface area contributed by atoms with Crippen molar-refractivity contribution in [1.82, 2.24) is 15.8 Å². The molecule has 0 aliphatic carbocycles. The molecule has 108 valence electrons. The third-order valence-corrected chi connectivity index (χ3v) is 3.08. The van der Waals surface area contributed by atoms with E-state index in [0.29, 0.717) is 12.2 Å². The number of unbranched alkanes of at least 4 members (excludes halogenated alkanes) is 1. The van der Waals surface area contributed by atoms with Gasteiger partial charge in [0.2, 0.25) is 0 Å². The van der Waals surface area contributed by atoms with E-state index in [4.69, 9.17) is 4.52 Å². The van der Waals surface area contributed by atoms with Crippen LogP contribution in [0.25, 0.3) is 0 Å². The average Bonchev–Trinajstić information content (AvgIpc) is 2.78. The Morgan fingerprint density at radius 1 is 1.21 bits per heavy atom. The largest absolute Gasteiger partial charge is 0.360 e. The van der Waals surface area contributed by atoms with Gasteiger partial charge in [0, 0.05) is 18.5 Å². The molecule has 0 atom stereocenters. The summed E-state index contributed by atoms with van der Waals surface area (Å²) >= 11 is 0. The topological polar surface area (TPSA) is 67.2 Å². The Kier molecular flexibility index (Phi) is 7.18. The molecular weight excluding hydrogens is 242 g/mol. The van der Waals surface area contributed by atoms with E-state index in [0.717, 1.165) is 37.3 Å². The van der Waals surface area contributed by atoms with Crippen molar-refractivity contribution < 1.29 is 9.32 Å². The first kappa shape index (κ1) is 15.7. The number of amides is 1. The van der Waals surface area contributed by atoms with Crippen molar-refractivity contribution in [3.05, 3.63) is 17.0 Å². The summed E-state index contributed by atoms with van der Waals surface area (Å²) in [6.45, 7) is 8.66. The van der Waals surface area contributed by atoms with Crippen LogP contribution in [0, 0.1) is 6.92 Å². The lowest BCUT2D eigenvalue weighted by Crippen LogP contribution is -2.28. The fraction of sp³-hybridized carbons (Fsp3) is 0.714. The highest BCUT2D eigenvalue weighted by Crippen LogP contribution is 2.12. The summed E-state index contributed by atoms with van der Waals surface area (Å²) in [6, 6.07) is 0. The average molecular weight is 267 g/mol. The molecule has 0 fully saturated rings. The molecule has 1 amide bonds. The van der Waals surface area contributed by atoms with E-state index < -0.39 is 0 Å². The molecule has 0 spiro atoms. The van der Waals surface area contributed by atoms with Crippen LogP contribution in [0.1, 0.15) is 54.9 Å². The first-order chi connectivity index (χ1) is 9.20. The smallest absolute Gasteiger partial charge is 0.273 e. The standard InChI is InChI=1S/C14H25N3O2/c1-4-6-8-15-9-7-10-16-14(18)13-11(3)12(5-2)19-17-13/h15H,4-10H2,1-3H3,(H,16,18). The summed E-state index contributed by atoms with van der Waals surface area (Å²) in [6.07, 6.45) is 4.08. The highest BCUT2D eigenvalue weighted by Gasteiger charge is 2.16. The molecule has 1 aromatic rings. The highest BCUT2D eigenvalue weighted by molar-refractivity contribution is 5.93. The monoisotopic (exact) mass is 267 g/mol. The molecule has 2 N–H and O–H groups in total. The quantitative estimate of drug-likeness (QED) is 0.672. The molecule has 0 saturated carbocycles. The molecule has 19 heavy (non-hydrogen) atoms. The number of nitrogens with zero attached hydrogens (tertiary/aromatic N) is 1. The van der Waals surface area contributed by atoms with Crippen LogP contribution in [0.15, 0.2) is 4.52 Å². The molecule has 0 unspecified atom stereocenters. The van der Waals surface area contributed by atoms with Crippen LogP contribution in [0.4, 0.5) is 0 Å². The van der Waals surface area contributed by atoms with Gasteiger partial charge in [0.1, 0.15) is 5.76 Å². The molecule has 5 heteroatoms. The summed E-state index contributed by atoms with van der Waals surface area (Å²) in [5.41, 5.74) is 1.26. The van der Waals surface area contributed by atoms with Crippen molar-refractivity contribution in [2.24, 2.45) is 0 Å². The molecule has 0 aliphatic heterocycles. The number of carbonyl (C=O) groups is 1. The third-order valence-electron chi connectivity index (χ3n) is 3.08. The van der Waals surface area contributed by atoms with Gasteiger partial charge >= 0.3 is 0 Å². The van der Waals surface area contributed by atoms with E-state index in [-0.39, 0.29) is 5.91 Å². The van der Waals surface area contributed by atoms with E-state index in [2.05, 4.69) is 22.7 Å².